The first-order valence-electron chi connectivity index (χ1n) is 4.93. The highest BCUT2D eigenvalue weighted by Crippen LogP contribution is 1.93. The quantitative estimate of drug-likeness (QED) is 0.678. The Kier molecular flexibility index (Phi) is 4.73. The van der Waals surface area contributed by atoms with Crippen molar-refractivity contribution in [3.05, 3.63) is 18.5 Å². The van der Waals surface area contributed by atoms with E-state index in [4.69, 9.17) is 5.26 Å². The van der Waals surface area contributed by atoms with Crippen LogP contribution in [0.5, 0.6) is 0 Å². The molecule has 0 aliphatic carbocycles. The molecule has 1 aromatic rings. The van der Waals surface area contributed by atoms with Gasteiger partial charge in [0.05, 0.1) is 12.6 Å². The predicted molar refractivity (Wildman–Crippen MR) is 54.6 cm³/mol. The standard InChI is InChI=1S/C10H16N4/c1-2-13(7-3-5-11)9-10-14-8-4-6-12-14/h4,6,8H,2-3,7,9-10H2,1H3. The van der Waals surface area contributed by atoms with Crippen LogP contribution < -0.4 is 0 Å². The molecule has 14 heavy (non-hydrogen) atoms. The molecule has 0 spiro atoms. The molecule has 0 aromatic carbocycles. The van der Waals surface area contributed by atoms with E-state index in [2.05, 4.69) is 23.0 Å². The molecule has 0 bridgehead atoms. The summed E-state index contributed by atoms with van der Waals surface area (Å²) in [6.45, 7) is 5.81. The van der Waals surface area contributed by atoms with Crippen molar-refractivity contribution in [2.75, 3.05) is 19.6 Å². The molecule has 1 aromatic heterocycles. The first kappa shape index (κ1) is 10.7. The van der Waals surface area contributed by atoms with Crippen molar-refractivity contribution in [2.24, 2.45) is 0 Å². The summed E-state index contributed by atoms with van der Waals surface area (Å²) in [6, 6.07) is 4.08. The minimum absolute atomic E-state index is 0.604. The number of hydrogen-bond acceptors (Lipinski definition) is 3. The zero-order valence-corrected chi connectivity index (χ0v) is 8.56. The van der Waals surface area contributed by atoms with Crippen LogP contribution in [0, 0.1) is 11.3 Å². The van der Waals surface area contributed by atoms with Gasteiger partial charge in [0, 0.05) is 31.9 Å². The van der Waals surface area contributed by atoms with Crippen LogP contribution in [0.3, 0.4) is 0 Å². The fraction of sp³-hybridized carbons (Fsp3) is 0.600. The van der Waals surface area contributed by atoms with Crippen molar-refractivity contribution in [1.29, 1.82) is 5.26 Å². The van der Waals surface area contributed by atoms with Gasteiger partial charge in [0.1, 0.15) is 0 Å². The largest absolute Gasteiger partial charge is 0.301 e. The molecule has 0 unspecified atom stereocenters. The number of aromatic nitrogens is 2. The molecule has 1 heterocycles. The zero-order valence-electron chi connectivity index (χ0n) is 8.56. The monoisotopic (exact) mass is 192 g/mol. The molecule has 0 radical (unpaired) electrons. The summed E-state index contributed by atoms with van der Waals surface area (Å²) in [7, 11) is 0. The molecule has 0 N–H and O–H groups in total. The molecule has 0 fully saturated rings. The zero-order chi connectivity index (χ0) is 10.2. The summed E-state index contributed by atoms with van der Waals surface area (Å²) >= 11 is 0. The van der Waals surface area contributed by atoms with Crippen molar-refractivity contribution in [3.63, 3.8) is 0 Å². The highest BCUT2D eigenvalue weighted by atomic mass is 15.3. The van der Waals surface area contributed by atoms with E-state index < -0.39 is 0 Å². The predicted octanol–water partition coefficient (Wildman–Crippen LogP) is 1.12. The van der Waals surface area contributed by atoms with Crippen molar-refractivity contribution < 1.29 is 0 Å². The number of hydrogen-bond donors (Lipinski definition) is 0. The van der Waals surface area contributed by atoms with Gasteiger partial charge in [-0.3, -0.25) is 4.68 Å². The lowest BCUT2D eigenvalue weighted by atomic mass is 10.4. The van der Waals surface area contributed by atoms with Crippen LogP contribution in [0.15, 0.2) is 18.5 Å². The van der Waals surface area contributed by atoms with E-state index in [1.807, 2.05) is 16.9 Å². The molecule has 1 rings (SSSR count). The van der Waals surface area contributed by atoms with Gasteiger partial charge in [-0.05, 0) is 12.6 Å². The lowest BCUT2D eigenvalue weighted by Gasteiger charge is -2.18. The van der Waals surface area contributed by atoms with Gasteiger partial charge in [0.15, 0.2) is 0 Å². The number of rotatable bonds is 6. The van der Waals surface area contributed by atoms with Crippen LogP contribution in [-0.4, -0.2) is 34.3 Å². The van der Waals surface area contributed by atoms with E-state index in [-0.39, 0.29) is 0 Å². The lowest BCUT2D eigenvalue weighted by Crippen LogP contribution is -2.28. The maximum atomic E-state index is 8.47. The molecule has 0 saturated heterocycles. The van der Waals surface area contributed by atoms with Gasteiger partial charge in [0.25, 0.3) is 0 Å². The van der Waals surface area contributed by atoms with Crippen LogP contribution >= 0.6 is 0 Å². The van der Waals surface area contributed by atoms with Gasteiger partial charge in [-0.1, -0.05) is 6.92 Å². The second-order valence-corrected chi connectivity index (χ2v) is 3.11. The third-order valence-electron chi connectivity index (χ3n) is 2.19. The Morgan fingerprint density at radius 2 is 2.36 bits per heavy atom. The van der Waals surface area contributed by atoms with Crippen LogP contribution in [0.4, 0.5) is 0 Å². The first-order chi connectivity index (χ1) is 6.86. The Morgan fingerprint density at radius 3 is 2.93 bits per heavy atom. The van der Waals surface area contributed by atoms with E-state index in [1.54, 1.807) is 6.20 Å². The average Bonchev–Trinajstić information content (AvgIpc) is 2.71. The van der Waals surface area contributed by atoms with Crippen molar-refractivity contribution >= 4 is 0 Å². The van der Waals surface area contributed by atoms with E-state index in [9.17, 15) is 0 Å². The molecule has 0 saturated carbocycles. The van der Waals surface area contributed by atoms with Crippen LogP contribution in [0.2, 0.25) is 0 Å². The Hall–Kier alpha value is -1.34. The Balaban J connectivity index is 2.24. The van der Waals surface area contributed by atoms with Gasteiger partial charge >= 0.3 is 0 Å². The molecule has 0 aliphatic rings. The summed E-state index contributed by atoms with van der Waals surface area (Å²) < 4.78 is 1.91. The van der Waals surface area contributed by atoms with Gasteiger partial charge < -0.3 is 4.90 Å². The van der Waals surface area contributed by atoms with E-state index in [0.717, 1.165) is 26.2 Å². The molecular formula is C10H16N4. The van der Waals surface area contributed by atoms with Crippen molar-refractivity contribution in [1.82, 2.24) is 14.7 Å². The topological polar surface area (TPSA) is 44.9 Å². The molecule has 4 heteroatoms. The molecular weight excluding hydrogens is 176 g/mol. The third kappa shape index (κ3) is 3.58. The number of likely N-dealkylation sites (N-methyl/N-ethyl adjacent to an activating group) is 1. The lowest BCUT2D eigenvalue weighted by molar-refractivity contribution is 0.277. The second-order valence-electron chi connectivity index (χ2n) is 3.11. The maximum absolute atomic E-state index is 8.47. The summed E-state index contributed by atoms with van der Waals surface area (Å²) in [5, 5.41) is 12.6. The van der Waals surface area contributed by atoms with Gasteiger partial charge in [-0.15, -0.1) is 0 Å². The Morgan fingerprint density at radius 1 is 1.50 bits per heavy atom. The SMILES string of the molecule is CCN(CCC#N)CCn1cccn1. The Bertz CT molecular complexity index is 273. The highest BCUT2D eigenvalue weighted by Gasteiger charge is 2.01. The number of nitrogens with zero attached hydrogens (tertiary/aromatic N) is 4. The normalized spacial score (nSPS) is 10.4. The Labute approximate surface area is 84.7 Å². The summed E-state index contributed by atoms with van der Waals surface area (Å²) in [4.78, 5) is 2.25. The van der Waals surface area contributed by atoms with Gasteiger partial charge in [-0.2, -0.15) is 10.4 Å². The molecule has 0 amide bonds. The van der Waals surface area contributed by atoms with Gasteiger partial charge in [0.2, 0.25) is 0 Å². The molecule has 4 nitrogen and oxygen atoms in total. The second kappa shape index (κ2) is 6.17. The minimum atomic E-state index is 0.604. The molecule has 0 atom stereocenters. The summed E-state index contributed by atoms with van der Waals surface area (Å²) in [5.74, 6) is 0. The van der Waals surface area contributed by atoms with E-state index >= 15 is 0 Å². The fourth-order valence-corrected chi connectivity index (χ4v) is 1.31. The summed E-state index contributed by atoms with van der Waals surface area (Å²) in [5.41, 5.74) is 0. The summed E-state index contributed by atoms with van der Waals surface area (Å²) in [6.07, 6.45) is 4.34. The smallest absolute Gasteiger partial charge is 0.0635 e. The van der Waals surface area contributed by atoms with Crippen LogP contribution in [0.25, 0.3) is 0 Å². The minimum Gasteiger partial charge on any atom is -0.301 e. The van der Waals surface area contributed by atoms with Crippen molar-refractivity contribution in [3.8, 4) is 6.07 Å². The average molecular weight is 192 g/mol. The van der Waals surface area contributed by atoms with Gasteiger partial charge in [-0.25, -0.2) is 0 Å². The maximum Gasteiger partial charge on any atom is 0.0635 e. The van der Waals surface area contributed by atoms with E-state index in [0.29, 0.717) is 6.42 Å². The molecule has 76 valence electrons. The van der Waals surface area contributed by atoms with Crippen LogP contribution in [-0.2, 0) is 6.54 Å². The van der Waals surface area contributed by atoms with E-state index in [1.165, 1.54) is 0 Å². The molecule has 0 aliphatic heterocycles. The third-order valence-corrected chi connectivity index (χ3v) is 2.19. The van der Waals surface area contributed by atoms with Crippen molar-refractivity contribution in [2.45, 2.75) is 19.9 Å². The van der Waals surface area contributed by atoms with Crippen LogP contribution in [0.1, 0.15) is 13.3 Å². The number of nitriles is 1. The highest BCUT2D eigenvalue weighted by molar-refractivity contribution is 4.78. The first-order valence-corrected chi connectivity index (χ1v) is 4.93. The fourth-order valence-electron chi connectivity index (χ4n) is 1.31.